The molecule has 1 unspecified atom stereocenters. The summed E-state index contributed by atoms with van der Waals surface area (Å²) >= 11 is 3.32. The first-order valence-electron chi connectivity index (χ1n) is 5.73. The predicted molar refractivity (Wildman–Crippen MR) is 72.8 cm³/mol. The summed E-state index contributed by atoms with van der Waals surface area (Å²) in [6, 6.07) is 10.7. The van der Waals surface area contributed by atoms with Crippen molar-refractivity contribution in [3.63, 3.8) is 0 Å². The van der Waals surface area contributed by atoms with E-state index in [0.717, 1.165) is 4.47 Å². The first-order chi connectivity index (χ1) is 9.00. The lowest BCUT2D eigenvalue weighted by molar-refractivity contribution is -0.150. The minimum atomic E-state index is -1.30. The molecule has 0 heterocycles. The van der Waals surface area contributed by atoms with Crippen molar-refractivity contribution >= 4 is 21.9 Å². The van der Waals surface area contributed by atoms with E-state index in [4.69, 9.17) is 15.3 Å². The number of ether oxygens (including phenoxy) is 1. The third-order valence-electron chi connectivity index (χ3n) is 2.96. The zero-order valence-corrected chi connectivity index (χ0v) is 12.3. The number of carbonyl (C=O) groups excluding carboxylic acids is 1. The molecule has 0 radical (unpaired) electrons. The summed E-state index contributed by atoms with van der Waals surface area (Å²) in [7, 11) is 0. The van der Waals surface area contributed by atoms with Gasteiger partial charge in [-0.2, -0.15) is 10.5 Å². The van der Waals surface area contributed by atoms with Crippen LogP contribution in [0.5, 0.6) is 0 Å². The van der Waals surface area contributed by atoms with Gasteiger partial charge in [0.15, 0.2) is 5.92 Å². The highest BCUT2D eigenvalue weighted by atomic mass is 79.9. The predicted octanol–water partition coefficient (Wildman–Crippen LogP) is 2.93. The Morgan fingerprint density at radius 1 is 1.47 bits per heavy atom. The topological polar surface area (TPSA) is 73.9 Å². The van der Waals surface area contributed by atoms with Gasteiger partial charge in [0.1, 0.15) is 5.41 Å². The average molecular weight is 321 g/mol. The molecule has 0 saturated heterocycles. The Labute approximate surface area is 120 Å². The molecule has 0 bridgehead atoms. The fourth-order valence-electron chi connectivity index (χ4n) is 1.78. The molecule has 0 aliphatic rings. The van der Waals surface area contributed by atoms with Crippen LogP contribution in [0.3, 0.4) is 0 Å². The van der Waals surface area contributed by atoms with E-state index in [1.165, 1.54) is 0 Å². The molecular formula is C14H13BrN2O2. The van der Waals surface area contributed by atoms with E-state index in [-0.39, 0.29) is 6.61 Å². The molecular weight excluding hydrogens is 308 g/mol. The van der Waals surface area contributed by atoms with Crippen molar-refractivity contribution in [1.29, 1.82) is 10.5 Å². The number of esters is 1. The van der Waals surface area contributed by atoms with E-state index in [0.29, 0.717) is 5.56 Å². The molecule has 5 heteroatoms. The van der Waals surface area contributed by atoms with Gasteiger partial charge in [-0.05, 0) is 31.5 Å². The Kier molecular flexibility index (Phi) is 5.09. The number of benzene rings is 1. The molecule has 0 aromatic heterocycles. The van der Waals surface area contributed by atoms with Gasteiger partial charge in [0.2, 0.25) is 0 Å². The third kappa shape index (κ3) is 2.94. The number of nitriles is 2. The quantitative estimate of drug-likeness (QED) is 0.799. The van der Waals surface area contributed by atoms with Crippen molar-refractivity contribution in [2.75, 3.05) is 6.61 Å². The SMILES string of the molecule is CCOC(=O)C(C)(c1cccc(Br)c1)C(C#N)C#N. The van der Waals surface area contributed by atoms with Crippen LogP contribution in [0.4, 0.5) is 0 Å². The van der Waals surface area contributed by atoms with Crippen LogP contribution in [0, 0.1) is 28.6 Å². The Hall–Kier alpha value is -1.85. The van der Waals surface area contributed by atoms with E-state index >= 15 is 0 Å². The maximum atomic E-state index is 12.2. The van der Waals surface area contributed by atoms with Crippen LogP contribution in [0.25, 0.3) is 0 Å². The summed E-state index contributed by atoms with van der Waals surface area (Å²) < 4.78 is 5.80. The molecule has 0 N–H and O–H groups in total. The van der Waals surface area contributed by atoms with E-state index in [2.05, 4.69) is 15.9 Å². The maximum absolute atomic E-state index is 12.2. The smallest absolute Gasteiger partial charge is 0.318 e. The van der Waals surface area contributed by atoms with Gasteiger partial charge in [0.25, 0.3) is 0 Å². The van der Waals surface area contributed by atoms with Gasteiger partial charge in [-0.15, -0.1) is 0 Å². The lowest BCUT2D eigenvalue weighted by atomic mass is 9.73. The van der Waals surface area contributed by atoms with Gasteiger partial charge < -0.3 is 4.74 Å². The Morgan fingerprint density at radius 3 is 2.58 bits per heavy atom. The number of rotatable bonds is 4. The zero-order valence-electron chi connectivity index (χ0n) is 10.7. The summed E-state index contributed by atoms with van der Waals surface area (Å²) in [5.74, 6) is -1.68. The van der Waals surface area contributed by atoms with E-state index < -0.39 is 17.3 Å². The van der Waals surface area contributed by atoms with Crippen LogP contribution in [-0.2, 0) is 14.9 Å². The fourth-order valence-corrected chi connectivity index (χ4v) is 2.18. The second-order valence-electron chi connectivity index (χ2n) is 4.12. The molecule has 1 aromatic rings. The zero-order chi connectivity index (χ0) is 14.5. The minimum absolute atomic E-state index is 0.200. The molecule has 0 aliphatic carbocycles. The average Bonchev–Trinajstić information content (AvgIpc) is 2.40. The van der Waals surface area contributed by atoms with Gasteiger partial charge in [0.05, 0.1) is 18.7 Å². The fraction of sp³-hybridized carbons (Fsp3) is 0.357. The third-order valence-corrected chi connectivity index (χ3v) is 3.45. The molecule has 98 valence electrons. The van der Waals surface area contributed by atoms with Crippen molar-refractivity contribution in [2.24, 2.45) is 5.92 Å². The lowest BCUT2D eigenvalue weighted by Crippen LogP contribution is -2.40. The van der Waals surface area contributed by atoms with Crippen molar-refractivity contribution in [3.8, 4) is 12.1 Å². The van der Waals surface area contributed by atoms with Crippen LogP contribution in [0.2, 0.25) is 0 Å². The molecule has 0 saturated carbocycles. The Morgan fingerprint density at radius 2 is 2.11 bits per heavy atom. The molecule has 0 spiro atoms. The van der Waals surface area contributed by atoms with Crippen LogP contribution in [0.15, 0.2) is 28.7 Å². The van der Waals surface area contributed by atoms with E-state index in [1.54, 1.807) is 32.0 Å². The molecule has 0 aliphatic heterocycles. The first kappa shape index (κ1) is 15.2. The number of halogens is 1. The van der Waals surface area contributed by atoms with Crippen LogP contribution >= 0.6 is 15.9 Å². The Balaban J connectivity index is 3.40. The summed E-state index contributed by atoms with van der Waals surface area (Å²) in [5, 5.41) is 18.2. The monoisotopic (exact) mass is 320 g/mol. The molecule has 4 nitrogen and oxygen atoms in total. The Bertz CT molecular complexity index is 545. The van der Waals surface area contributed by atoms with Gasteiger partial charge >= 0.3 is 5.97 Å². The first-order valence-corrected chi connectivity index (χ1v) is 6.52. The number of hydrogen-bond donors (Lipinski definition) is 0. The molecule has 0 fully saturated rings. The van der Waals surface area contributed by atoms with Crippen molar-refractivity contribution in [2.45, 2.75) is 19.3 Å². The summed E-state index contributed by atoms with van der Waals surface area (Å²) in [6.45, 7) is 3.45. The maximum Gasteiger partial charge on any atom is 0.318 e. The molecule has 1 aromatic carbocycles. The highest BCUT2D eigenvalue weighted by Gasteiger charge is 2.45. The largest absolute Gasteiger partial charge is 0.465 e. The molecule has 1 atom stereocenters. The van der Waals surface area contributed by atoms with Gasteiger partial charge in [0, 0.05) is 4.47 Å². The van der Waals surface area contributed by atoms with Crippen molar-refractivity contribution in [3.05, 3.63) is 34.3 Å². The molecule has 19 heavy (non-hydrogen) atoms. The standard InChI is InChI=1S/C14H13BrN2O2/c1-3-19-13(18)14(2,11(8-16)9-17)10-5-4-6-12(15)7-10/h4-7,11H,3H2,1-2H3. The van der Waals surface area contributed by atoms with Gasteiger partial charge in [-0.25, -0.2) is 0 Å². The number of carbonyl (C=O) groups is 1. The summed E-state index contributed by atoms with van der Waals surface area (Å²) in [6.07, 6.45) is 0. The second kappa shape index (κ2) is 6.36. The highest BCUT2D eigenvalue weighted by molar-refractivity contribution is 9.10. The molecule has 0 amide bonds. The molecule has 1 rings (SSSR count). The lowest BCUT2D eigenvalue weighted by Gasteiger charge is -2.28. The highest BCUT2D eigenvalue weighted by Crippen LogP contribution is 2.34. The van der Waals surface area contributed by atoms with Crippen molar-refractivity contribution in [1.82, 2.24) is 0 Å². The number of nitrogens with zero attached hydrogens (tertiary/aromatic N) is 2. The van der Waals surface area contributed by atoms with Crippen molar-refractivity contribution < 1.29 is 9.53 Å². The second-order valence-corrected chi connectivity index (χ2v) is 5.04. The van der Waals surface area contributed by atoms with Gasteiger partial charge in [-0.3, -0.25) is 4.79 Å². The number of hydrogen-bond acceptors (Lipinski definition) is 4. The van der Waals surface area contributed by atoms with Crippen LogP contribution < -0.4 is 0 Å². The summed E-state index contributed by atoms with van der Waals surface area (Å²) in [5.41, 5.74) is -0.725. The van der Waals surface area contributed by atoms with E-state index in [9.17, 15) is 4.79 Å². The summed E-state index contributed by atoms with van der Waals surface area (Å²) in [4.78, 5) is 12.2. The van der Waals surface area contributed by atoms with Crippen LogP contribution in [0.1, 0.15) is 19.4 Å². The van der Waals surface area contributed by atoms with Gasteiger partial charge in [-0.1, -0.05) is 28.1 Å². The van der Waals surface area contributed by atoms with Crippen LogP contribution in [-0.4, -0.2) is 12.6 Å². The van der Waals surface area contributed by atoms with E-state index in [1.807, 2.05) is 18.2 Å². The normalized spacial score (nSPS) is 13.2. The minimum Gasteiger partial charge on any atom is -0.465 e.